The maximum atomic E-state index is 13.2. The average molecular weight is 391 g/mol. The molecule has 1 N–H and O–H groups in total. The first-order valence-electron chi connectivity index (χ1n) is 9.32. The molecule has 1 saturated heterocycles. The molecule has 1 aromatic heterocycles. The van der Waals surface area contributed by atoms with Crippen molar-refractivity contribution >= 4 is 17.5 Å². The number of halogens is 1. The van der Waals surface area contributed by atoms with Crippen LogP contribution in [0.15, 0.2) is 30.3 Å². The number of aryl methyl sites for hydroxylation is 2. The van der Waals surface area contributed by atoms with E-state index in [4.69, 9.17) is 16.3 Å². The summed E-state index contributed by atoms with van der Waals surface area (Å²) in [6.45, 7) is 9.38. The zero-order chi connectivity index (χ0) is 19.4. The first-order chi connectivity index (χ1) is 12.9. The highest BCUT2D eigenvalue weighted by Gasteiger charge is 2.29. The zero-order valence-corrected chi connectivity index (χ0v) is 16.9. The monoisotopic (exact) mass is 390 g/mol. The molecule has 0 unspecified atom stereocenters. The molecule has 1 amide bonds. The molecule has 3 rings (SSSR count). The van der Waals surface area contributed by atoms with Crippen molar-refractivity contribution in [3.8, 4) is 0 Å². The molecule has 2 aromatic rings. The number of hydrogen-bond acceptors (Lipinski definition) is 4. The van der Waals surface area contributed by atoms with E-state index in [0.29, 0.717) is 24.8 Å². The van der Waals surface area contributed by atoms with Crippen LogP contribution in [0.2, 0.25) is 5.02 Å². The third-order valence-electron chi connectivity index (χ3n) is 4.78. The van der Waals surface area contributed by atoms with Crippen LogP contribution in [-0.2, 0) is 16.1 Å². The molecule has 0 spiro atoms. The quantitative estimate of drug-likeness (QED) is 0.823. The normalized spacial score (nSPS) is 17.5. The predicted octanol–water partition coefficient (Wildman–Crippen LogP) is 2.73. The van der Waals surface area contributed by atoms with E-state index in [2.05, 4.69) is 15.3 Å². The Morgan fingerprint density at radius 2 is 1.93 bits per heavy atom. The molecule has 1 aliphatic rings. The van der Waals surface area contributed by atoms with E-state index in [-0.39, 0.29) is 18.0 Å². The van der Waals surface area contributed by atoms with Crippen molar-refractivity contribution in [1.29, 1.82) is 0 Å². The second kappa shape index (κ2) is 8.87. The molecule has 27 heavy (non-hydrogen) atoms. The van der Waals surface area contributed by atoms with Crippen LogP contribution in [-0.4, -0.2) is 52.9 Å². The topological polar surface area (TPSA) is 59.4 Å². The molecular formula is C20H27ClN4O2. The smallest absolute Gasteiger partial charge is 0.242 e. The summed E-state index contributed by atoms with van der Waals surface area (Å²) in [7, 11) is 0. The van der Waals surface area contributed by atoms with Crippen LogP contribution in [0.4, 0.5) is 0 Å². The molecule has 7 heteroatoms. The number of aromatic nitrogens is 2. The van der Waals surface area contributed by atoms with Crippen molar-refractivity contribution < 1.29 is 9.53 Å². The lowest BCUT2D eigenvalue weighted by molar-refractivity contribution is -0.129. The number of morpholine rings is 1. The molecule has 6 nitrogen and oxygen atoms in total. The highest BCUT2D eigenvalue weighted by atomic mass is 35.5. The van der Waals surface area contributed by atoms with Gasteiger partial charge in [-0.25, -0.2) is 0 Å². The van der Waals surface area contributed by atoms with E-state index in [1.54, 1.807) is 0 Å². The van der Waals surface area contributed by atoms with Crippen LogP contribution in [0.1, 0.15) is 29.9 Å². The van der Waals surface area contributed by atoms with Gasteiger partial charge in [-0.1, -0.05) is 23.7 Å². The fourth-order valence-corrected chi connectivity index (χ4v) is 3.62. The highest BCUT2D eigenvalue weighted by molar-refractivity contribution is 6.30. The van der Waals surface area contributed by atoms with Gasteiger partial charge in [0.2, 0.25) is 5.91 Å². The molecular weight excluding hydrogens is 364 g/mol. The average Bonchev–Trinajstić information content (AvgIpc) is 2.94. The Balaban J connectivity index is 1.73. The summed E-state index contributed by atoms with van der Waals surface area (Å²) < 4.78 is 7.39. The minimum atomic E-state index is -0.353. The number of hydrogen-bond donors (Lipinski definition) is 1. The standard InChI is InChI=1S/C20H27ClN4O2/c1-14-12-16(3)25(23-14)13-15(2)22-20(26)19(24-8-10-27-11-9-24)17-4-6-18(21)7-5-17/h4-7,12,15,19H,8-11,13H2,1-3H3,(H,22,26)/t15-,19-/m0/s1. The minimum absolute atomic E-state index is 0.00625. The fourth-order valence-electron chi connectivity index (χ4n) is 3.50. The van der Waals surface area contributed by atoms with Gasteiger partial charge in [-0.15, -0.1) is 0 Å². The van der Waals surface area contributed by atoms with Crippen molar-refractivity contribution in [1.82, 2.24) is 20.0 Å². The van der Waals surface area contributed by atoms with Gasteiger partial charge in [-0.3, -0.25) is 14.4 Å². The second-order valence-electron chi connectivity index (χ2n) is 7.12. The van der Waals surface area contributed by atoms with Crippen LogP contribution in [0.25, 0.3) is 0 Å². The summed E-state index contributed by atoms with van der Waals surface area (Å²) in [5.41, 5.74) is 3.02. The fraction of sp³-hybridized carbons (Fsp3) is 0.500. The van der Waals surface area contributed by atoms with Gasteiger partial charge in [0, 0.05) is 29.8 Å². The van der Waals surface area contributed by atoms with Crippen LogP contribution in [0.5, 0.6) is 0 Å². The minimum Gasteiger partial charge on any atom is -0.379 e. The molecule has 2 atom stereocenters. The molecule has 0 bridgehead atoms. The number of nitrogens with zero attached hydrogens (tertiary/aromatic N) is 3. The third kappa shape index (κ3) is 5.09. The number of rotatable bonds is 6. The van der Waals surface area contributed by atoms with E-state index in [9.17, 15) is 4.79 Å². The summed E-state index contributed by atoms with van der Waals surface area (Å²) in [5.74, 6) is -0.00625. The summed E-state index contributed by atoms with van der Waals surface area (Å²) in [5, 5.41) is 8.31. The van der Waals surface area contributed by atoms with Crippen LogP contribution < -0.4 is 5.32 Å². The Hall–Kier alpha value is -1.89. The van der Waals surface area contributed by atoms with Crippen molar-refractivity contribution in [3.05, 3.63) is 52.3 Å². The molecule has 0 saturated carbocycles. The first-order valence-corrected chi connectivity index (χ1v) is 9.70. The lowest BCUT2D eigenvalue weighted by Gasteiger charge is -2.34. The van der Waals surface area contributed by atoms with Crippen molar-refractivity contribution in [2.24, 2.45) is 0 Å². The van der Waals surface area contributed by atoms with E-state index >= 15 is 0 Å². The Bertz CT molecular complexity index is 769. The van der Waals surface area contributed by atoms with Gasteiger partial charge in [0.15, 0.2) is 0 Å². The van der Waals surface area contributed by atoms with Gasteiger partial charge in [0.05, 0.1) is 25.5 Å². The largest absolute Gasteiger partial charge is 0.379 e. The number of benzene rings is 1. The molecule has 1 fully saturated rings. The number of nitrogens with one attached hydrogen (secondary N) is 1. The third-order valence-corrected chi connectivity index (χ3v) is 5.04. The molecule has 1 aliphatic heterocycles. The molecule has 0 aliphatic carbocycles. The van der Waals surface area contributed by atoms with Gasteiger partial charge in [-0.05, 0) is 44.5 Å². The van der Waals surface area contributed by atoms with Gasteiger partial charge >= 0.3 is 0 Å². The summed E-state index contributed by atoms with van der Waals surface area (Å²) >= 11 is 6.03. The number of ether oxygens (including phenoxy) is 1. The number of carbonyl (C=O) groups is 1. The van der Waals surface area contributed by atoms with Crippen LogP contribution >= 0.6 is 11.6 Å². The Morgan fingerprint density at radius 3 is 2.52 bits per heavy atom. The molecule has 0 radical (unpaired) electrons. The van der Waals surface area contributed by atoms with Crippen molar-refractivity contribution in [3.63, 3.8) is 0 Å². The maximum Gasteiger partial charge on any atom is 0.242 e. The first kappa shape index (κ1) is 19.9. The number of amides is 1. The molecule has 2 heterocycles. The summed E-state index contributed by atoms with van der Waals surface area (Å²) in [6, 6.07) is 9.16. The van der Waals surface area contributed by atoms with Gasteiger partial charge < -0.3 is 10.1 Å². The summed E-state index contributed by atoms with van der Waals surface area (Å²) in [4.78, 5) is 15.3. The number of carbonyl (C=O) groups excluding carboxylic acids is 1. The SMILES string of the molecule is Cc1cc(C)n(C[C@H](C)NC(=O)[C@H](c2ccc(Cl)cc2)N2CCOCC2)n1. The Kier molecular flexibility index (Phi) is 6.52. The van der Waals surface area contributed by atoms with E-state index < -0.39 is 0 Å². The molecule has 1 aromatic carbocycles. The van der Waals surface area contributed by atoms with Crippen molar-refractivity contribution in [2.45, 2.75) is 39.4 Å². The lowest BCUT2D eigenvalue weighted by atomic mass is 10.0. The van der Waals surface area contributed by atoms with Crippen LogP contribution in [0.3, 0.4) is 0 Å². The summed E-state index contributed by atoms with van der Waals surface area (Å²) in [6.07, 6.45) is 0. The Morgan fingerprint density at radius 1 is 1.26 bits per heavy atom. The second-order valence-corrected chi connectivity index (χ2v) is 7.56. The maximum absolute atomic E-state index is 13.2. The predicted molar refractivity (Wildman–Crippen MR) is 106 cm³/mol. The van der Waals surface area contributed by atoms with E-state index in [0.717, 1.165) is 30.0 Å². The van der Waals surface area contributed by atoms with Gasteiger partial charge in [0.1, 0.15) is 6.04 Å². The zero-order valence-electron chi connectivity index (χ0n) is 16.1. The van der Waals surface area contributed by atoms with E-state index in [1.165, 1.54) is 0 Å². The van der Waals surface area contributed by atoms with Crippen LogP contribution in [0, 0.1) is 13.8 Å². The van der Waals surface area contributed by atoms with E-state index in [1.807, 2.05) is 55.8 Å². The van der Waals surface area contributed by atoms with Crippen molar-refractivity contribution in [2.75, 3.05) is 26.3 Å². The molecule has 146 valence electrons. The lowest BCUT2D eigenvalue weighted by Crippen LogP contribution is -2.48. The van der Waals surface area contributed by atoms with Gasteiger partial charge in [-0.2, -0.15) is 5.10 Å². The van der Waals surface area contributed by atoms with Gasteiger partial charge in [0.25, 0.3) is 0 Å². The highest BCUT2D eigenvalue weighted by Crippen LogP contribution is 2.24. The Labute approximate surface area is 165 Å².